The van der Waals surface area contributed by atoms with Gasteiger partial charge in [0.2, 0.25) is 0 Å². The van der Waals surface area contributed by atoms with Crippen LogP contribution in [0.15, 0.2) is 28.7 Å². The molecule has 0 saturated carbocycles. The number of carbonyl (C=O) groups is 1. The Labute approximate surface area is 105 Å². The number of fused-ring (bicyclic) bond motifs is 1. The quantitative estimate of drug-likeness (QED) is 0.513. The molecule has 0 bridgehead atoms. The maximum atomic E-state index is 11.3. The fourth-order valence-electron chi connectivity index (χ4n) is 1.83. The molecule has 0 saturated heterocycles. The summed E-state index contributed by atoms with van der Waals surface area (Å²) >= 11 is 0. The molecule has 18 heavy (non-hydrogen) atoms. The van der Waals surface area contributed by atoms with Gasteiger partial charge in [0.15, 0.2) is 5.58 Å². The molecule has 0 aliphatic heterocycles. The highest BCUT2D eigenvalue weighted by atomic mass is 16.5. The minimum atomic E-state index is -0.366. The van der Waals surface area contributed by atoms with Crippen molar-refractivity contribution in [2.75, 3.05) is 12.3 Å². The van der Waals surface area contributed by atoms with Crippen LogP contribution in [0.2, 0.25) is 0 Å². The number of hydrogen-bond donors (Lipinski definition) is 1. The third kappa shape index (κ3) is 2.22. The molecule has 0 aliphatic carbocycles. The molecule has 0 unspecified atom stereocenters. The third-order valence-electron chi connectivity index (χ3n) is 2.64. The van der Waals surface area contributed by atoms with Crippen molar-refractivity contribution in [3.05, 3.63) is 35.6 Å². The topological polar surface area (TPSA) is 65.5 Å². The number of nitrogen functional groups attached to an aromatic ring is 1. The molecular formula is C14H15NO3. The minimum Gasteiger partial charge on any atom is -0.463 e. The van der Waals surface area contributed by atoms with Crippen LogP contribution in [-0.2, 0) is 9.53 Å². The molecule has 0 radical (unpaired) electrons. The van der Waals surface area contributed by atoms with Crippen LogP contribution >= 0.6 is 0 Å². The van der Waals surface area contributed by atoms with Crippen molar-refractivity contribution in [2.45, 2.75) is 13.8 Å². The average molecular weight is 245 g/mol. The first-order valence-corrected chi connectivity index (χ1v) is 5.76. The monoisotopic (exact) mass is 245 g/mol. The number of rotatable bonds is 3. The maximum absolute atomic E-state index is 11.3. The van der Waals surface area contributed by atoms with Gasteiger partial charge >= 0.3 is 5.97 Å². The Morgan fingerprint density at radius 2 is 2.28 bits per heavy atom. The van der Waals surface area contributed by atoms with Gasteiger partial charge in [0.05, 0.1) is 12.3 Å². The summed E-state index contributed by atoms with van der Waals surface area (Å²) in [4.78, 5) is 11.3. The first-order valence-electron chi connectivity index (χ1n) is 5.76. The summed E-state index contributed by atoms with van der Waals surface area (Å²) in [7, 11) is 0. The molecule has 0 atom stereocenters. The van der Waals surface area contributed by atoms with Crippen molar-refractivity contribution in [3.8, 4) is 0 Å². The van der Waals surface area contributed by atoms with E-state index in [0.29, 0.717) is 17.9 Å². The van der Waals surface area contributed by atoms with Gasteiger partial charge in [-0.1, -0.05) is 12.1 Å². The molecule has 0 amide bonds. The molecule has 1 aromatic heterocycles. The van der Waals surface area contributed by atoms with E-state index in [1.54, 1.807) is 19.1 Å². The highest BCUT2D eigenvalue weighted by Crippen LogP contribution is 2.30. The molecular weight excluding hydrogens is 230 g/mol. The van der Waals surface area contributed by atoms with E-state index < -0.39 is 0 Å². The van der Waals surface area contributed by atoms with Gasteiger partial charge in [-0.15, -0.1) is 0 Å². The summed E-state index contributed by atoms with van der Waals surface area (Å²) in [6.07, 6.45) is 3.09. The SMILES string of the molecule is CCOC(=O)/C=C/c1c(C)oc2c(N)cccc12. The zero-order valence-corrected chi connectivity index (χ0v) is 10.4. The molecule has 0 aliphatic rings. The van der Waals surface area contributed by atoms with Crippen molar-refractivity contribution in [2.24, 2.45) is 0 Å². The lowest BCUT2D eigenvalue weighted by Gasteiger charge is -1.95. The summed E-state index contributed by atoms with van der Waals surface area (Å²) in [6, 6.07) is 5.55. The molecule has 4 nitrogen and oxygen atoms in total. The Morgan fingerprint density at radius 3 is 3.00 bits per heavy atom. The first kappa shape index (κ1) is 12.2. The van der Waals surface area contributed by atoms with Crippen molar-refractivity contribution < 1.29 is 13.9 Å². The Morgan fingerprint density at radius 1 is 1.50 bits per heavy atom. The molecule has 1 aromatic carbocycles. The van der Waals surface area contributed by atoms with Crippen molar-refractivity contribution in [1.29, 1.82) is 0 Å². The predicted octanol–water partition coefficient (Wildman–Crippen LogP) is 2.90. The zero-order valence-electron chi connectivity index (χ0n) is 10.4. The predicted molar refractivity (Wildman–Crippen MR) is 71.0 cm³/mol. The van der Waals surface area contributed by atoms with E-state index >= 15 is 0 Å². The third-order valence-corrected chi connectivity index (χ3v) is 2.64. The van der Waals surface area contributed by atoms with Crippen LogP contribution in [0.1, 0.15) is 18.2 Å². The fourth-order valence-corrected chi connectivity index (χ4v) is 1.83. The van der Waals surface area contributed by atoms with E-state index in [0.717, 1.165) is 16.7 Å². The number of carbonyl (C=O) groups excluding carboxylic acids is 1. The van der Waals surface area contributed by atoms with Crippen LogP contribution < -0.4 is 5.73 Å². The van der Waals surface area contributed by atoms with Crippen LogP contribution in [0.5, 0.6) is 0 Å². The molecule has 2 aromatic rings. The average Bonchev–Trinajstić information content (AvgIpc) is 2.65. The van der Waals surface area contributed by atoms with Gasteiger partial charge in [0, 0.05) is 17.0 Å². The summed E-state index contributed by atoms with van der Waals surface area (Å²) < 4.78 is 10.4. The number of ether oxygens (including phenoxy) is 1. The van der Waals surface area contributed by atoms with E-state index in [9.17, 15) is 4.79 Å². The van der Waals surface area contributed by atoms with Gasteiger partial charge in [-0.3, -0.25) is 0 Å². The summed E-state index contributed by atoms with van der Waals surface area (Å²) in [5.41, 5.74) is 7.93. The Hall–Kier alpha value is -2.23. The number of hydrogen-bond acceptors (Lipinski definition) is 4. The van der Waals surface area contributed by atoms with E-state index in [1.165, 1.54) is 6.08 Å². The highest BCUT2D eigenvalue weighted by Gasteiger charge is 2.10. The highest BCUT2D eigenvalue weighted by molar-refractivity contribution is 5.97. The van der Waals surface area contributed by atoms with Crippen LogP contribution in [0.25, 0.3) is 17.0 Å². The van der Waals surface area contributed by atoms with Gasteiger partial charge in [-0.2, -0.15) is 0 Å². The number of benzene rings is 1. The van der Waals surface area contributed by atoms with Gasteiger partial charge < -0.3 is 14.9 Å². The number of nitrogens with two attached hydrogens (primary N) is 1. The normalized spacial score (nSPS) is 11.2. The Balaban J connectivity index is 2.42. The minimum absolute atomic E-state index is 0.362. The van der Waals surface area contributed by atoms with Crippen LogP contribution in [0.3, 0.4) is 0 Å². The second kappa shape index (κ2) is 4.96. The van der Waals surface area contributed by atoms with Gasteiger partial charge in [-0.25, -0.2) is 4.79 Å². The van der Waals surface area contributed by atoms with E-state index in [-0.39, 0.29) is 5.97 Å². The molecule has 1 heterocycles. The van der Waals surface area contributed by atoms with Gasteiger partial charge in [-0.05, 0) is 26.0 Å². The Kier molecular flexibility index (Phi) is 3.37. The molecule has 4 heteroatoms. The lowest BCUT2D eigenvalue weighted by atomic mass is 10.1. The lowest BCUT2D eigenvalue weighted by molar-refractivity contribution is -0.137. The van der Waals surface area contributed by atoms with Crippen LogP contribution in [0.4, 0.5) is 5.69 Å². The number of anilines is 1. The van der Waals surface area contributed by atoms with E-state index in [1.807, 2.05) is 19.1 Å². The van der Waals surface area contributed by atoms with Crippen LogP contribution in [0, 0.1) is 6.92 Å². The lowest BCUT2D eigenvalue weighted by Crippen LogP contribution is -1.98. The number of furan rings is 1. The van der Waals surface area contributed by atoms with Crippen LogP contribution in [-0.4, -0.2) is 12.6 Å². The first-order chi connectivity index (χ1) is 8.63. The Bertz CT molecular complexity index is 611. The molecule has 0 fully saturated rings. The second-order valence-electron chi connectivity index (χ2n) is 3.88. The summed E-state index contributed by atoms with van der Waals surface area (Å²) in [5.74, 6) is 0.360. The standard InChI is InChI=1S/C14H15NO3/c1-3-17-13(16)8-7-10-9(2)18-14-11(10)5-4-6-12(14)15/h4-8H,3,15H2,1-2H3/b8-7+. The summed E-state index contributed by atoms with van der Waals surface area (Å²) in [5, 5.41) is 0.896. The van der Waals surface area contributed by atoms with E-state index in [4.69, 9.17) is 14.9 Å². The smallest absolute Gasteiger partial charge is 0.330 e. The van der Waals surface area contributed by atoms with Crippen molar-refractivity contribution in [1.82, 2.24) is 0 Å². The summed E-state index contributed by atoms with van der Waals surface area (Å²) in [6.45, 7) is 3.97. The molecule has 2 N–H and O–H groups in total. The van der Waals surface area contributed by atoms with Gasteiger partial charge in [0.25, 0.3) is 0 Å². The van der Waals surface area contributed by atoms with Crippen molar-refractivity contribution in [3.63, 3.8) is 0 Å². The van der Waals surface area contributed by atoms with E-state index in [2.05, 4.69) is 0 Å². The zero-order chi connectivity index (χ0) is 13.1. The van der Waals surface area contributed by atoms with Gasteiger partial charge in [0.1, 0.15) is 5.76 Å². The number of esters is 1. The second-order valence-corrected chi connectivity index (χ2v) is 3.88. The molecule has 0 spiro atoms. The molecule has 94 valence electrons. The number of aryl methyl sites for hydroxylation is 1. The fraction of sp³-hybridized carbons (Fsp3) is 0.214. The van der Waals surface area contributed by atoms with Crippen molar-refractivity contribution >= 4 is 28.7 Å². The molecule has 2 rings (SSSR count). The maximum Gasteiger partial charge on any atom is 0.330 e. The number of para-hydroxylation sites is 1. The largest absolute Gasteiger partial charge is 0.463 e.